The molecule has 82 valence electrons. The Bertz CT molecular complexity index is 360. The Labute approximate surface area is 91.6 Å². The highest BCUT2D eigenvalue weighted by molar-refractivity contribution is 5.46. The van der Waals surface area contributed by atoms with E-state index in [1.54, 1.807) is 0 Å². The second-order valence-corrected chi connectivity index (χ2v) is 4.33. The molecule has 1 heterocycles. The van der Waals surface area contributed by atoms with Crippen molar-refractivity contribution in [3.8, 4) is 5.75 Å². The standard InChI is InChI=1S/C13H19NO/c1-9-7-10(2)13-11(8-9)12(14-3)5-4-6-15-13/h7-8,12,14H,4-6H2,1-3H3. The molecular weight excluding hydrogens is 186 g/mol. The van der Waals surface area contributed by atoms with Crippen molar-refractivity contribution in [2.75, 3.05) is 13.7 Å². The largest absolute Gasteiger partial charge is 0.493 e. The van der Waals surface area contributed by atoms with E-state index in [-0.39, 0.29) is 0 Å². The van der Waals surface area contributed by atoms with Crippen LogP contribution in [-0.2, 0) is 0 Å². The van der Waals surface area contributed by atoms with Crippen molar-refractivity contribution >= 4 is 0 Å². The number of benzene rings is 1. The second kappa shape index (κ2) is 4.23. The van der Waals surface area contributed by atoms with E-state index in [1.165, 1.54) is 16.7 Å². The zero-order chi connectivity index (χ0) is 10.8. The molecule has 0 aromatic heterocycles. The fourth-order valence-electron chi connectivity index (χ4n) is 2.36. The Hall–Kier alpha value is -1.02. The first kappa shape index (κ1) is 10.5. The number of hydrogen-bond donors (Lipinski definition) is 1. The Morgan fingerprint density at radius 2 is 2.13 bits per heavy atom. The van der Waals surface area contributed by atoms with Gasteiger partial charge in [0.1, 0.15) is 5.75 Å². The summed E-state index contributed by atoms with van der Waals surface area (Å²) in [5, 5.41) is 3.37. The maximum absolute atomic E-state index is 5.83. The maximum Gasteiger partial charge on any atom is 0.126 e. The summed E-state index contributed by atoms with van der Waals surface area (Å²) in [7, 11) is 2.03. The molecule has 0 amide bonds. The zero-order valence-corrected chi connectivity index (χ0v) is 9.76. The Morgan fingerprint density at radius 1 is 1.33 bits per heavy atom. The molecule has 1 N–H and O–H groups in total. The van der Waals surface area contributed by atoms with E-state index in [9.17, 15) is 0 Å². The zero-order valence-electron chi connectivity index (χ0n) is 9.76. The van der Waals surface area contributed by atoms with Gasteiger partial charge in [-0.2, -0.15) is 0 Å². The quantitative estimate of drug-likeness (QED) is 0.761. The lowest BCUT2D eigenvalue weighted by Gasteiger charge is -2.18. The molecular formula is C13H19NO. The van der Waals surface area contributed by atoms with Crippen LogP contribution >= 0.6 is 0 Å². The number of nitrogens with one attached hydrogen (secondary N) is 1. The van der Waals surface area contributed by atoms with Crippen LogP contribution in [0, 0.1) is 13.8 Å². The fourth-order valence-corrected chi connectivity index (χ4v) is 2.36. The topological polar surface area (TPSA) is 21.3 Å². The summed E-state index contributed by atoms with van der Waals surface area (Å²) in [6.45, 7) is 5.11. The Morgan fingerprint density at radius 3 is 2.87 bits per heavy atom. The third-order valence-corrected chi connectivity index (χ3v) is 3.06. The molecule has 1 aliphatic heterocycles. The van der Waals surface area contributed by atoms with E-state index in [2.05, 4.69) is 31.3 Å². The van der Waals surface area contributed by atoms with Gasteiger partial charge in [-0.15, -0.1) is 0 Å². The average Bonchev–Trinajstić information content (AvgIpc) is 2.39. The van der Waals surface area contributed by atoms with Crippen LogP contribution < -0.4 is 10.1 Å². The third-order valence-electron chi connectivity index (χ3n) is 3.06. The average molecular weight is 205 g/mol. The van der Waals surface area contributed by atoms with Gasteiger partial charge in [-0.05, 0) is 39.3 Å². The molecule has 0 saturated heterocycles. The smallest absolute Gasteiger partial charge is 0.126 e. The van der Waals surface area contributed by atoms with Crippen molar-refractivity contribution in [2.24, 2.45) is 0 Å². The SMILES string of the molecule is CNC1CCCOc2c(C)cc(C)cc21. The first-order valence-electron chi connectivity index (χ1n) is 5.63. The van der Waals surface area contributed by atoms with E-state index in [1.807, 2.05) is 7.05 Å². The van der Waals surface area contributed by atoms with Gasteiger partial charge in [-0.1, -0.05) is 17.7 Å². The minimum absolute atomic E-state index is 0.445. The van der Waals surface area contributed by atoms with Gasteiger partial charge in [0, 0.05) is 11.6 Å². The second-order valence-electron chi connectivity index (χ2n) is 4.33. The Balaban J connectivity index is 2.50. The molecule has 0 bridgehead atoms. The lowest BCUT2D eigenvalue weighted by Crippen LogP contribution is -2.15. The number of rotatable bonds is 1. The van der Waals surface area contributed by atoms with Crippen LogP contribution in [0.4, 0.5) is 0 Å². The molecule has 2 rings (SSSR count). The summed E-state index contributed by atoms with van der Waals surface area (Å²) in [6.07, 6.45) is 2.28. The molecule has 1 unspecified atom stereocenters. The lowest BCUT2D eigenvalue weighted by atomic mass is 9.98. The van der Waals surface area contributed by atoms with Crippen LogP contribution in [0.5, 0.6) is 5.75 Å². The van der Waals surface area contributed by atoms with Crippen LogP contribution in [-0.4, -0.2) is 13.7 Å². The lowest BCUT2D eigenvalue weighted by molar-refractivity contribution is 0.313. The van der Waals surface area contributed by atoms with E-state index in [0.29, 0.717) is 6.04 Å². The highest BCUT2D eigenvalue weighted by Gasteiger charge is 2.19. The summed E-state index contributed by atoms with van der Waals surface area (Å²) in [5.74, 6) is 1.09. The summed E-state index contributed by atoms with van der Waals surface area (Å²) in [4.78, 5) is 0. The van der Waals surface area contributed by atoms with E-state index >= 15 is 0 Å². The molecule has 2 nitrogen and oxygen atoms in total. The number of fused-ring (bicyclic) bond motifs is 1. The van der Waals surface area contributed by atoms with Gasteiger partial charge in [-0.3, -0.25) is 0 Å². The third kappa shape index (κ3) is 2.00. The number of aryl methyl sites for hydroxylation is 2. The minimum atomic E-state index is 0.445. The maximum atomic E-state index is 5.83. The molecule has 0 radical (unpaired) electrons. The molecule has 1 aromatic carbocycles. The monoisotopic (exact) mass is 205 g/mol. The normalized spacial score (nSPS) is 20.3. The van der Waals surface area contributed by atoms with Crippen molar-refractivity contribution in [2.45, 2.75) is 32.7 Å². The van der Waals surface area contributed by atoms with Crippen LogP contribution in [0.1, 0.15) is 35.6 Å². The molecule has 2 heteroatoms. The predicted molar refractivity (Wildman–Crippen MR) is 62.4 cm³/mol. The molecule has 15 heavy (non-hydrogen) atoms. The molecule has 0 fully saturated rings. The first-order chi connectivity index (χ1) is 7.22. The van der Waals surface area contributed by atoms with Gasteiger partial charge in [0.25, 0.3) is 0 Å². The van der Waals surface area contributed by atoms with Crippen LogP contribution in [0.3, 0.4) is 0 Å². The van der Waals surface area contributed by atoms with Gasteiger partial charge in [0.05, 0.1) is 6.61 Å². The number of ether oxygens (including phenoxy) is 1. The van der Waals surface area contributed by atoms with E-state index in [0.717, 1.165) is 25.2 Å². The van der Waals surface area contributed by atoms with Crippen molar-refractivity contribution in [3.63, 3.8) is 0 Å². The molecule has 0 spiro atoms. The van der Waals surface area contributed by atoms with Crippen LogP contribution in [0.15, 0.2) is 12.1 Å². The van der Waals surface area contributed by atoms with Crippen LogP contribution in [0.2, 0.25) is 0 Å². The van der Waals surface area contributed by atoms with Crippen LogP contribution in [0.25, 0.3) is 0 Å². The highest BCUT2D eigenvalue weighted by atomic mass is 16.5. The highest BCUT2D eigenvalue weighted by Crippen LogP contribution is 2.34. The van der Waals surface area contributed by atoms with Crippen molar-refractivity contribution in [1.82, 2.24) is 5.32 Å². The fraction of sp³-hybridized carbons (Fsp3) is 0.538. The van der Waals surface area contributed by atoms with Crippen molar-refractivity contribution < 1.29 is 4.74 Å². The van der Waals surface area contributed by atoms with Crippen molar-refractivity contribution in [1.29, 1.82) is 0 Å². The van der Waals surface area contributed by atoms with Gasteiger partial charge >= 0.3 is 0 Å². The molecule has 1 aromatic rings. The van der Waals surface area contributed by atoms with Gasteiger partial charge < -0.3 is 10.1 Å². The summed E-state index contributed by atoms with van der Waals surface area (Å²) in [5.41, 5.74) is 3.90. The minimum Gasteiger partial charge on any atom is -0.493 e. The van der Waals surface area contributed by atoms with E-state index < -0.39 is 0 Å². The van der Waals surface area contributed by atoms with Gasteiger partial charge in [-0.25, -0.2) is 0 Å². The molecule has 0 saturated carbocycles. The number of hydrogen-bond acceptors (Lipinski definition) is 2. The summed E-state index contributed by atoms with van der Waals surface area (Å²) in [6, 6.07) is 4.88. The molecule has 1 atom stereocenters. The predicted octanol–water partition coefficient (Wildman–Crippen LogP) is 2.74. The summed E-state index contributed by atoms with van der Waals surface area (Å²) >= 11 is 0. The Kier molecular flexibility index (Phi) is 2.96. The van der Waals surface area contributed by atoms with Crippen molar-refractivity contribution in [3.05, 3.63) is 28.8 Å². The van der Waals surface area contributed by atoms with Gasteiger partial charge in [0.2, 0.25) is 0 Å². The van der Waals surface area contributed by atoms with Gasteiger partial charge in [0.15, 0.2) is 0 Å². The van der Waals surface area contributed by atoms with E-state index in [4.69, 9.17) is 4.74 Å². The molecule has 1 aliphatic rings. The molecule has 0 aliphatic carbocycles. The summed E-state index contributed by atoms with van der Waals surface area (Å²) < 4.78 is 5.83. The first-order valence-corrected chi connectivity index (χ1v) is 5.63.